The highest BCUT2D eigenvalue weighted by molar-refractivity contribution is 7.89. The van der Waals surface area contributed by atoms with Crippen LogP contribution in [0.5, 0.6) is 0 Å². The summed E-state index contributed by atoms with van der Waals surface area (Å²) in [6.45, 7) is 3.73. The van der Waals surface area contributed by atoms with Crippen LogP contribution in [0.1, 0.15) is 50.2 Å². The number of carbonyl (C=O) groups is 2. The maximum atomic E-state index is 12.9. The smallest absolute Gasteiger partial charge is 0.306 e. The van der Waals surface area contributed by atoms with Crippen LogP contribution >= 0.6 is 0 Å². The third-order valence-electron chi connectivity index (χ3n) is 6.05. The lowest BCUT2D eigenvalue weighted by Gasteiger charge is -2.21. The van der Waals surface area contributed by atoms with Gasteiger partial charge < -0.3 is 9.64 Å². The van der Waals surface area contributed by atoms with Crippen LogP contribution in [0, 0.1) is 0 Å². The SMILES string of the molecule is CCN(Cc1ccccc1)C(=O)COC(=O)CCc1ccc(S(=O)(=O)N2CCCCCC2)cc1. The Balaban J connectivity index is 1.45. The fourth-order valence-corrected chi connectivity index (χ4v) is 5.51. The molecule has 7 nitrogen and oxygen atoms in total. The lowest BCUT2D eigenvalue weighted by Crippen LogP contribution is -2.34. The molecule has 1 fully saturated rings. The highest BCUT2D eigenvalue weighted by Gasteiger charge is 2.25. The number of esters is 1. The van der Waals surface area contributed by atoms with E-state index >= 15 is 0 Å². The highest BCUT2D eigenvalue weighted by atomic mass is 32.2. The molecule has 0 saturated carbocycles. The second-order valence-corrected chi connectivity index (χ2v) is 10.5. The molecule has 2 aromatic rings. The van der Waals surface area contributed by atoms with Crippen molar-refractivity contribution in [3.8, 4) is 0 Å². The predicted molar refractivity (Wildman–Crippen MR) is 130 cm³/mol. The zero-order chi connectivity index (χ0) is 24.4. The van der Waals surface area contributed by atoms with Crippen molar-refractivity contribution in [3.63, 3.8) is 0 Å². The zero-order valence-electron chi connectivity index (χ0n) is 19.8. The van der Waals surface area contributed by atoms with E-state index in [0.717, 1.165) is 36.8 Å². The number of hydrogen-bond acceptors (Lipinski definition) is 5. The van der Waals surface area contributed by atoms with Crippen LogP contribution in [-0.4, -0.2) is 55.7 Å². The Morgan fingerprint density at radius 2 is 1.56 bits per heavy atom. The molecule has 1 aliphatic rings. The summed E-state index contributed by atoms with van der Waals surface area (Å²) in [4.78, 5) is 26.5. The van der Waals surface area contributed by atoms with Gasteiger partial charge in [-0.2, -0.15) is 4.31 Å². The fraction of sp³-hybridized carbons (Fsp3) is 0.462. The summed E-state index contributed by atoms with van der Waals surface area (Å²) in [6.07, 6.45) is 4.45. The van der Waals surface area contributed by atoms with Gasteiger partial charge in [-0.15, -0.1) is 0 Å². The number of likely N-dealkylation sites (N-methyl/N-ethyl adjacent to an activating group) is 1. The van der Waals surface area contributed by atoms with Crippen molar-refractivity contribution in [1.29, 1.82) is 0 Å². The Morgan fingerprint density at radius 3 is 2.18 bits per heavy atom. The van der Waals surface area contributed by atoms with E-state index in [2.05, 4.69) is 0 Å². The van der Waals surface area contributed by atoms with E-state index in [1.165, 1.54) is 0 Å². The molecular formula is C26H34N2O5S. The van der Waals surface area contributed by atoms with Crippen molar-refractivity contribution in [2.24, 2.45) is 0 Å². The van der Waals surface area contributed by atoms with Crippen LogP contribution in [0.2, 0.25) is 0 Å². The molecule has 1 heterocycles. The van der Waals surface area contributed by atoms with Crippen molar-refractivity contribution in [1.82, 2.24) is 9.21 Å². The van der Waals surface area contributed by atoms with Crippen molar-refractivity contribution >= 4 is 21.9 Å². The molecule has 0 bridgehead atoms. The van der Waals surface area contributed by atoms with E-state index in [1.807, 2.05) is 37.3 Å². The normalized spacial score (nSPS) is 14.9. The maximum absolute atomic E-state index is 12.9. The van der Waals surface area contributed by atoms with Gasteiger partial charge in [0.2, 0.25) is 10.0 Å². The fourth-order valence-electron chi connectivity index (χ4n) is 3.99. The number of sulfonamides is 1. The molecule has 1 aliphatic heterocycles. The molecule has 3 rings (SSSR count). The molecule has 0 spiro atoms. The van der Waals surface area contributed by atoms with Crippen LogP contribution in [0.15, 0.2) is 59.5 Å². The number of nitrogens with zero attached hydrogens (tertiary/aromatic N) is 2. The molecule has 0 radical (unpaired) electrons. The molecule has 0 aliphatic carbocycles. The van der Waals surface area contributed by atoms with Gasteiger partial charge in [0.25, 0.3) is 5.91 Å². The first-order valence-corrected chi connectivity index (χ1v) is 13.4. The zero-order valence-corrected chi connectivity index (χ0v) is 20.6. The summed E-state index contributed by atoms with van der Waals surface area (Å²) in [5.41, 5.74) is 1.86. The first-order valence-electron chi connectivity index (χ1n) is 12.0. The van der Waals surface area contributed by atoms with Crippen molar-refractivity contribution in [2.45, 2.75) is 56.9 Å². The summed E-state index contributed by atoms with van der Waals surface area (Å²) in [5.74, 6) is -0.687. The van der Waals surface area contributed by atoms with Gasteiger partial charge in [-0.05, 0) is 49.4 Å². The summed E-state index contributed by atoms with van der Waals surface area (Å²) in [7, 11) is -3.49. The Morgan fingerprint density at radius 1 is 0.912 bits per heavy atom. The molecule has 34 heavy (non-hydrogen) atoms. The van der Waals surface area contributed by atoms with Crippen LogP contribution in [0.25, 0.3) is 0 Å². The molecular weight excluding hydrogens is 452 g/mol. The minimum Gasteiger partial charge on any atom is -0.456 e. The van der Waals surface area contributed by atoms with Gasteiger partial charge in [-0.25, -0.2) is 8.42 Å². The molecule has 0 unspecified atom stereocenters. The van der Waals surface area contributed by atoms with Gasteiger partial charge >= 0.3 is 5.97 Å². The number of aryl methyl sites for hydroxylation is 1. The molecule has 1 saturated heterocycles. The van der Waals surface area contributed by atoms with E-state index in [4.69, 9.17) is 4.74 Å². The van der Waals surface area contributed by atoms with E-state index in [0.29, 0.717) is 32.6 Å². The Labute approximate surface area is 202 Å². The average molecular weight is 487 g/mol. The van der Waals surface area contributed by atoms with E-state index < -0.39 is 16.0 Å². The Bertz CT molecular complexity index is 1030. The summed E-state index contributed by atoms with van der Waals surface area (Å²) < 4.78 is 32.5. The predicted octanol–water partition coefficient (Wildman–Crippen LogP) is 3.78. The van der Waals surface area contributed by atoms with Crippen LogP contribution in [0.3, 0.4) is 0 Å². The van der Waals surface area contributed by atoms with E-state index in [9.17, 15) is 18.0 Å². The first kappa shape index (κ1) is 25.9. The number of amides is 1. The molecule has 0 aromatic heterocycles. The summed E-state index contributed by atoms with van der Waals surface area (Å²) in [5, 5.41) is 0. The van der Waals surface area contributed by atoms with Crippen molar-refractivity contribution in [2.75, 3.05) is 26.2 Å². The quantitative estimate of drug-likeness (QED) is 0.477. The largest absolute Gasteiger partial charge is 0.456 e. The topological polar surface area (TPSA) is 84.0 Å². The third-order valence-corrected chi connectivity index (χ3v) is 7.96. The van der Waals surface area contributed by atoms with Gasteiger partial charge in [0, 0.05) is 32.6 Å². The highest BCUT2D eigenvalue weighted by Crippen LogP contribution is 2.21. The first-order chi connectivity index (χ1) is 16.4. The van der Waals surface area contributed by atoms with Crippen LogP contribution in [-0.2, 0) is 37.3 Å². The van der Waals surface area contributed by atoms with E-state index in [-0.39, 0.29) is 23.8 Å². The van der Waals surface area contributed by atoms with Gasteiger partial charge in [-0.1, -0.05) is 55.3 Å². The van der Waals surface area contributed by atoms with Gasteiger partial charge in [-0.3, -0.25) is 9.59 Å². The molecule has 1 amide bonds. The molecule has 0 N–H and O–H groups in total. The minimum atomic E-state index is -3.49. The number of hydrogen-bond donors (Lipinski definition) is 0. The van der Waals surface area contributed by atoms with Crippen LogP contribution < -0.4 is 0 Å². The Hall–Kier alpha value is -2.71. The standard InChI is InChI=1S/C26H34N2O5S/c1-2-27(20-23-10-6-5-7-11-23)25(29)21-33-26(30)17-14-22-12-15-24(16-13-22)34(31,32)28-18-8-3-4-9-19-28/h5-7,10-13,15-16H,2-4,8-9,14,17-21H2,1H3. The van der Waals surface area contributed by atoms with Crippen molar-refractivity contribution in [3.05, 3.63) is 65.7 Å². The van der Waals surface area contributed by atoms with Gasteiger partial charge in [0.1, 0.15) is 0 Å². The molecule has 8 heteroatoms. The summed E-state index contributed by atoms with van der Waals surface area (Å²) >= 11 is 0. The maximum Gasteiger partial charge on any atom is 0.306 e. The third kappa shape index (κ3) is 7.40. The number of benzene rings is 2. The molecule has 184 valence electrons. The van der Waals surface area contributed by atoms with Crippen molar-refractivity contribution < 1.29 is 22.7 Å². The lowest BCUT2D eigenvalue weighted by molar-refractivity contribution is -0.152. The second-order valence-electron chi connectivity index (χ2n) is 8.52. The summed E-state index contributed by atoms with van der Waals surface area (Å²) in [6, 6.07) is 16.4. The number of carbonyl (C=O) groups excluding carboxylic acids is 2. The average Bonchev–Trinajstić information content (AvgIpc) is 3.16. The minimum absolute atomic E-state index is 0.121. The number of rotatable bonds is 10. The van der Waals surface area contributed by atoms with E-state index in [1.54, 1.807) is 33.5 Å². The Kier molecular flexibility index (Phi) is 9.65. The monoisotopic (exact) mass is 486 g/mol. The lowest BCUT2D eigenvalue weighted by atomic mass is 10.1. The number of ether oxygens (including phenoxy) is 1. The second kappa shape index (κ2) is 12.7. The molecule has 0 atom stereocenters. The van der Waals surface area contributed by atoms with Gasteiger partial charge in [0.15, 0.2) is 6.61 Å². The van der Waals surface area contributed by atoms with Gasteiger partial charge in [0.05, 0.1) is 4.90 Å². The van der Waals surface area contributed by atoms with Crippen LogP contribution in [0.4, 0.5) is 0 Å². The molecule has 2 aromatic carbocycles.